The lowest BCUT2D eigenvalue weighted by molar-refractivity contribution is -0.187. The van der Waals surface area contributed by atoms with Crippen LogP contribution in [0, 0.1) is 0 Å². The lowest BCUT2D eigenvalue weighted by Gasteiger charge is -2.36. The number of methoxy groups -OCH3 is 1. The van der Waals surface area contributed by atoms with E-state index in [9.17, 15) is 13.2 Å². The van der Waals surface area contributed by atoms with E-state index in [1.165, 1.54) is 30.2 Å². The van der Waals surface area contributed by atoms with Gasteiger partial charge in [0.05, 0.1) is 13.7 Å². The molecule has 0 aliphatic carbocycles. The first kappa shape index (κ1) is 19.9. The summed E-state index contributed by atoms with van der Waals surface area (Å²) in [4.78, 5) is 1.45. The molecule has 1 heterocycles. The molecule has 4 nitrogen and oxygen atoms in total. The summed E-state index contributed by atoms with van der Waals surface area (Å²) in [6, 6.07) is 2.80. The Labute approximate surface area is 140 Å². The van der Waals surface area contributed by atoms with Gasteiger partial charge in [0.1, 0.15) is 6.04 Å². The van der Waals surface area contributed by atoms with Gasteiger partial charge in [0.2, 0.25) is 0 Å². The number of piperazine rings is 1. The molecule has 1 N–H and O–H groups in total. The third-order valence-electron chi connectivity index (χ3n) is 3.63. The summed E-state index contributed by atoms with van der Waals surface area (Å²) in [6.07, 6.45) is -4.34. The zero-order chi connectivity index (χ0) is 16.2. The highest BCUT2D eigenvalue weighted by Gasteiger charge is 2.45. The maximum absolute atomic E-state index is 13.6. The molecule has 8 heteroatoms. The summed E-state index contributed by atoms with van der Waals surface area (Å²) in [5, 5.41) is 3.07. The van der Waals surface area contributed by atoms with E-state index in [4.69, 9.17) is 9.47 Å². The quantitative estimate of drug-likeness (QED) is 0.881. The van der Waals surface area contributed by atoms with E-state index in [0.717, 1.165) is 0 Å². The fourth-order valence-electron chi connectivity index (χ4n) is 2.68. The van der Waals surface area contributed by atoms with Gasteiger partial charge in [-0.25, -0.2) is 0 Å². The maximum Gasteiger partial charge on any atom is 0.408 e. The fourth-order valence-corrected chi connectivity index (χ4v) is 2.68. The minimum atomic E-state index is -4.34. The van der Waals surface area contributed by atoms with Crippen LogP contribution in [0.25, 0.3) is 0 Å². The molecule has 2 rings (SSSR count). The molecule has 0 spiro atoms. The number of hydrogen-bond donors (Lipinski definition) is 1. The van der Waals surface area contributed by atoms with Crippen molar-refractivity contribution in [1.82, 2.24) is 10.2 Å². The predicted molar refractivity (Wildman–Crippen MR) is 84.6 cm³/mol. The van der Waals surface area contributed by atoms with Crippen LogP contribution in [-0.2, 0) is 0 Å². The van der Waals surface area contributed by atoms with Crippen LogP contribution in [0.1, 0.15) is 18.5 Å². The highest BCUT2D eigenvalue weighted by Crippen LogP contribution is 2.40. The molecule has 1 aromatic rings. The standard InChI is InChI=1S/C15H21F3N2O2.ClH/c1-3-22-13-10-11(4-5-12(13)21-2)14(15(16,17)18)20-8-6-19-7-9-20;/h4-5,10,14,19H,3,6-9H2,1-2H3;1H/t14-;/m0./s1. The van der Waals surface area contributed by atoms with Gasteiger partial charge in [-0.3, -0.25) is 4.90 Å². The maximum atomic E-state index is 13.6. The van der Waals surface area contributed by atoms with Crippen molar-refractivity contribution < 1.29 is 22.6 Å². The first-order valence-electron chi connectivity index (χ1n) is 7.29. The molecule has 23 heavy (non-hydrogen) atoms. The van der Waals surface area contributed by atoms with Crippen molar-refractivity contribution in [3.8, 4) is 11.5 Å². The minimum Gasteiger partial charge on any atom is -0.493 e. The number of hydrogen-bond acceptors (Lipinski definition) is 4. The number of rotatable bonds is 5. The Balaban J connectivity index is 0.00000264. The minimum absolute atomic E-state index is 0. The van der Waals surface area contributed by atoms with Crippen LogP contribution in [0.5, 0.6) is 11.5 Å². The Hall–Kier alpha value is -1.18. The van der Waals surface area contributed by atoms with E-state index in [1.54, 1.807) is 6.92 Å². The van der Waals surface area contributed by atoms with Crippen LogP contribution in [0.15, 0.2) is 18.2 Å². The monoisotopic (exact) mass is 354 g/mol. The van der Waals surface area contributed by atoms with Crippen LogP contribution >= 0.6 is 12.4 Å². The average molecular weight is 355 g/mol. The predicted octanol–water partition coefficient (Wildman–Crippen LogP) is 3.02. The molecule has 1 fully saturated rings. The van der Waals surface area contributed by atoms with Crippen molar-refractivity contribution in [2.75, 3.05) is 39.9 Å². The summed E-state index contributed by atoms with van der Waals surface area (Å²) in [7, 11) is 1.47. The Morgan fingerprint density at radius 3 is 2.39 bits per heavy atom. The van der Waals surface area contributed by atoms with E-state index < -0.39 is 12.2 Å². The summed E-state index contributed by atoms with van der Waals surface area (Å²) < 4.78 is 51.2. The lowest BCUT2D eigenvalue weighted by atomic mass is 10.0. The molecule has 0 radical (unpaired) electrons. The van der Waals surface area contributed by atoms with Gasteiger partial charge < -0.3 is 14.8 Å². The Kier molecular flexibility index (Phi) is 7.44. The van der Waals surface area contributed by atoms with E-state index in [-0.39, 0.29) is 18.0 Å². The second kappa shape index (κ2) is 8.61. The van der Waals surface area contributed by atoms with Crippen LogP contribution in [0.4, 0.5) is 13.2 Å². The van der Waals surface area contributed by atoms with Crippen molar-refractivity contribution in [3.63, 3.8) is 0 Å². The second-order valence-corrected chi connectivity index (χ2v) is 5.07. The SMILES string of the molecule is CCOc1cc([C@H](N2CCNCC2)C(F)(F)F)ccc1OC.Cl. The number of ether oxygens (including phenoxy) is 2. The van der Waals surface area contributed by atoms with Gasteiger partial charge in [0.25, 0.3) is 0 Å². The van der Waals surface area contributed by atoms with E-state index in [0.29, 0.717) is 44.3 Å². The summed E-state index contributed by atoms with van der Waals surface area (Å²) in [5.74, 6) is 0.777. The molecule has 1 aliphatic heterocycles. The number of benzene rings is 1. The molecule has 0 aromatic heterocycles. The van der Waals surface area contributed by atoms with Gasteiger partial charge in [-0.05, 0) is 24.6 Å². The van der Waals surface area contributed by atoms with E-state index in [2.05, 4.69) is 5.32 Å². The molecule has 132 valence electrons. The Bertz CT molecular complexity index is 494. The molecule has 1 aromatic carbocycles. The van der Waals surface area contributed by atoms with Crippen molar-refractivity contribution in [3.05, 3.63) is 23.8 Å². The van der Waals surface area contributed by atoms with Crippen LogP contribution in [0.2, 0.25) is 0 Å². The van der Waals surface area contributed by atoms with Crippen LogP contribution in [0.3, 0.4) is 0 Å². The van der Waals surface area contributed by atoms with E-state index in [1.807, 2.05) is 0 Å². The smallest absolute Gasteiger partial charge is 0.408 e. The molecule has 0 amide bonds. The topological polar surface area (TPSA) is 33.7 Å². The number of nitrogens with zero attached hydrogens (tertiary/aromatic N) is 1. The number of nitrogens with one attached hydrogen (secondary N) is 1. The van der Waals surface area contributed by atoms with E-state index >= 15 is 0 Å². The lowest BCUT2D eigenvalue weighted by Crippen LogP contribution is -2.49. The van der Waals surface area contributed by atoms with Crippen LogP contribution < -0.4 is 14.8 Å². The molecular formula is C15H22ClF3N2O2. The average Bonchev–Trinajstić information content (AvgIpc) is 2.48. The molecular weight excluding hydrogens is 333 g/mol. The van der Waals surface area contributed by atoms with Gasteiger partial charge in [0, 0.05) is 26.2 Å². The first-order valence-corrected chi connectivity index (χ1v) is 7.29. The molecule has 1 atom stereocenters. The van der Waals surface area contributed by atoms with Gasteiger partial charge in [-0.2, -0.15) is 13.2 Å². The first-order chi connectivity index (χ1) is 10.5. The highest BCUT2D eigenvalue weighted by atomic mass is 35.5. The molecule has 0 unspecified atom stereocenters. The number of alkyl halides is 3. The zero-order valence-corrected chi connectivity index (χ0v) is 14.0. The molecule has 0 bridgehead atoms. The van der Waals surface area contributed by atoms with Crippen molar-refractivity contribution in [2.24, 2.45) is 0 Å². The van der Waals surface area contributed by atoms with Crippen LogP contribution in [-0.4, -0.2) is 51.0 Å². The Morgan fingerprint density at radius 2 is 1.87 bits per heavy atom. The summed E-state index contributed by atoms with van der Waals surface area (Å²) >= 11 is 0. The molecule has 1 saturated heterocycles. The van der Waals surface area contributed by atoms with Gasteiger partial charge in [-0.15, -0.1) is 12.4 Å². The third kappa shape index (κ3) is 4.89. The van der Waals surface area contributed by atoms with Crippen molar-refractivity contribution >= 4 is 12.4 Å². The van der Waals surface area contributed by atoms with Crippen molar-refractivity contribution in [1.29, 1.82) is 0 Å². The molecule has 1 aliphatic rings. The van der Waals surface area contributed by atoms with Gasteiger partial charge in [0.15, 0.2) is 11.5 Å². The van der Waals surface area contributed by atoms with Gasteiger partial charge in [-0.1, -0.05) is 6.07 Å². The molecule has 0 saturated carbocycles. The zero-order valence-electron chi connectivity index (χ0n) is 13.2. The summed E-state index contributed by atoms with van der Waals surface area (Å²) in [5.41, 5.74) is 0.179. The second-order valence-electron chi connectivity index (χ2n) is 5.07. The largest absolute Gasteiger partial charge is 0.493 e. The van der Waals surface area contributed by atoms with Gasteiger partial charge >= 0.3 is 6.18 Å². The number of halogens is 4. The summed E-state index contributed by atoms with van der Waals surface area (Å²) in [6.45, 7) is 3.98. The third-order valence-corrected chi connectivity index (χ3v) is 3.63. The Morgan fingerprint density at radius 1 is 1.22 bits per heavy atom. The van der Waals surface area contributed by atoms with Crippen molar-refractivity contribution in [2.45, 2.75) is 19.1 Å². The fraction of sp³-hybridized carbons (Fsp3) is 0.600. The highest BCUT2D eigenvalue weighted by molar-refractivity contribution is 5.85. The normalized spacial score (nSPS) is 17.3.